The van der Waals surface area contributed by atoms with Gasteiger partial charge in [-0.2, -0.15) is 0 Å². The maximum absolute atomic E-state index is 12.5. The molecular weight excluding hydrogens is 278 g/mol. The van der Waals surface area contributed by atoms with E-state index in [0.717, 1.165) is 12.8 Å². The van der Waals surface area contributed by atoms with Crippen LogP contribution in [0, 0.1) is 5.92 Å². The van der Waals surface area contributed by atoms with E-state index in [4.69, 9.17) is 0 Å². The molecule has 2 amide bonds. The Kier molecular flexibility index (Phi) is 4.71. The second-order valence-corrected chi connectivity index (χ2v) is 6.19. The van der Waals surface area contributed by atoms with Crippen molar-refractivity contribution in [3.63, 3.8) is 0 Å². The quantitative estimate of drug-likeness (QED) is 0.839. The molecule has 1 aromatic rings. The Bertz CT molecular complexity index is 518. The van der Waals surface area contributed by atoms with Crippen LogP contribution < -0.4 is 0 Å². The second-order valence-electron chi connectivity index (χ2n) is 6.19. The van der Waals surface area contributed by atoms with Crippen LogP contribution in [0.5, 0.6) is 0 Å². The Morgan fingerprint density at radius 3 is 2.32 bits per heavy atom. The number of carbonyl (C=O) groups excluding carboxylic acids is 2. The molecule has 1 saturated heterocycles. The second kappa shape index (κ2) is 6.90. The van der Waals surface area contributed by atoms with E-state index in [1.807, 2.05) is 9.80 Å². The van der Waals surface area contributed by atoms with Gasteiger partial charge in [-0.3, -0.25) is 14.6 Å². The van der Waals surface area contributed by atoms with Gasteiger partial charge in [-0.1, -0.05) is 19.3 Å². The average molecular weight is 301 g/mol. The molecule has 0 radical (unpaired) electrons. The minimum absolute atomic E-state index is 0.0119. The number of rotatable bonds is 2. The number of hydrogen-bond acceptors (Lipinski definition) is 3. The summed E-state index contributed by atoms with van der Waals surface area (Å²) in [5.41, 5.74) is 0.620. The van der Waals surface area contributed by atoms with E-state index in [1.54, 1.807) is 24.5 Å². The Morgan fingerprint density at radius 2 is 1.68 bits per heavy atom. The van der Waals surface area contributed by atoms with E-state index in [0.29, 0.717) is 37.6 Å². The van der Waals surface area contributed by atoms with Crippen LogP contribution in [0.1, 0.15) is 42.5 Å². The van der Waals surface area contributed by atoms with Gasteiger partial charge in [0.1, 0.15) is 0 Å². The molecular formula is C17H23N3O2. The predicted octanol–water partition coefficient (Wildman–Crippen LogP) is 1.95. The molecule has 1 saturated carbocycles. The molecule has 0 bridgehead atoms. The normalized spacial score (nSPS) is 20.0. The van der Waals surface area contributed by atoms with Gasteiger partial charge < -0.3 is 9.80 Å². The summed E-state index contributed by atoms with van der Waals surface area (Å²) < 4.78 is 0. The molecule has 0 spiro atoms. The molecule has 3 rings (SSSR count). The lowest BCUT2D eigenvalue weighted by Crippen LogP contribution is -2.52. The van der Waals surface area contributed by atoms with Crippen LogP contribution in [0.3, 0.4) is 0 Å². The van der Waals surface area contributed by atoms with Crippen molar-refractivity contribution in [1.82, 2.24) is 14.8 Å². The standard InChI is InChI=1S/C17H23N3O2/c21-16(14-5-2-1-3-6-14)19-9-11-20(12-10-19)17(22)15-7-4-8-18-13-15/h4,7-8,13-14H,1-3,5-6,9-12H2. The maximum Gasteiger partial charge on any atom is 0.255 e. The van der Waals surface area contributed by atoms with Gasteiger partial charge in [0.15, 0.2) is 0 Å². The van der Waals surface area contributed by atoms with Crippen molar-refractivity contribution >= 4 is 11.8 Å². The topological polar surface area (TPSA) is 53.5 Å². The number of amides is 2. The Hall–Kier alpha value is -1.91. The first kappa shape index (κ1) is 15.0. The number of piperazine rings is 1. The van der Waals surface area contributed by atoms with Crippen LogP contribution in [0.15, 0.2) is 24.5 Å². The zero-order valence-corrected chi connectivity index (χ0v) is 12.9. The Balaban J connectivity index is 1.54. The third-order valence-corrected chi connectivity index (χ3v) is 4.74. The molecule has 2 fully saturated rings. The highest BCUT2D eigenvalue weighted by Crippen LogP contribution is 2.25. The van der Waals surface area contributed by atoms with E-state index in [1.165, 1.54) is 19.3 Å². The summed E-state index contributed by atoms with van der Waals surface area (Å²) in [4.78, 5) is 32.6. The van der Waals surface area contributed by atoms with Crippen LogP contribution in [0.4, 0.5) is 0 Å². The first-order chi connectivity index (χ1) is 10.8. The lowest BCUT2D eigenvalue weighted by atomic mass is 9.88. The van der Waals surface area contributed by atoms with Gasteiger partial charge in [-0.15, -0.1) is 0 Å². The van der Waals surface area contributed by atoms with Crippen LogP contribution in [0.2, 0.25) is 0 Å². The Morgan fingerprint density at radius 1 is 1.00 bits per heavy atom. The van der Waals surface area contributed by atoms with E-state index >= 15 is 0 Å². The van der Waals surface area contributed by atoms with Crippen LogP contribution >= 0.6 is 0 Å². The van der Waals surface area contributed by atoms with Gasteiger partial charge >= 0.3 is 0 Å². The summed E-state index contributed by atoms with van der Waals surface area (Å²) in [6.45, 7) is 2.54. The molecule has 5 heteroatoms. The first-order valence-corrected chi connectivity index (χ1v) is 8.24. The van der Waals surface area contributed by atoms with Crippen LogP contribution in [-0.2, 0) is 4.79 Å². The molecule has 118 valence electrons. The van der Waals surface area contributed by atoms with Crippen molar-refractivity contribution in [3.05, 3.63) is 30.1 Å². The number of hydrogen-bond donors (Lipinski definition) is 0. The van der Waals surface area contributed by atoms with Gasteiger partial charge in [0.05, 0.1) is 5.56 Å². The third kappa shape index (κ3) is 3.29. The first-order valence-electron chi connectivity index (χ1n) is 8.24. The largest absolute Gasteiger partial charge is 0.339 e. The number of carbonyl (C=O) groups is 2. The molecule has 22 heavy (non-hydrogen) atoms. The SMILES string of the molecule is O=C(c1cccnc1)N1CCN(C(=O)C2CCCCC2)CC1. The lowest BCUT2D eigenvalue weighted by Gasteiger charge is -2.37. The Labute approximate surface area is 131 Å². The molecule has 1 aliphatic carbocycles. The fraction of sp³-hybridized carbons (Fsp3) is 0.588. The molecule has 0 N–H and O–H groups in total. The summed E-state index contributed by atoms with van der Waals surface area (Å²) in [6.07, 6.45) is 8.95. The maximum atomic E-state index is 12.5. The van der Waals surface area contributed by atoms with Crippen molar-refractivity contribution in [1.29, 1.82) is 0 Å². The lowest BCUT2D eigenvalue weighted by molar-refractivity contribution is -0.138. The van der Waals surface area contributed by atoms with Crippen LogP contribution in [0.25, 0.3) is 0 Å². The zero-order chi connectivity index (χ0) is 15.4. The summed E-state index contributed by atoms with van der Waals surface area (Å²) in [5, 5.41) is 0. The highest BCUT2D eigenvalue weighted by atomic mass is 16.2. The van der Waals surface area contributed by atoms with Crippen molar-refractivity contribution in [3.8, 4) is 0 Å². The molecule has 2 aliphatic rings. The fourth-order valence-corrected chi connectivity index (χ4v) is 3.41. The zero-order valence-electron chi connectivity index (χ0n) is 12.9. The van der Waals surface area contributed by atoms with Crippen molar-refractivity contribution in [2.75, 3.05) is 26.2 Å². The van der Waals surface area contributed by atoms with E-state index in [2.05, 4.69) is 4.98 Å². The average Bonchev–Trinajstić information content (AvgIpc) is 2.62. The third-order valence-electron chi connectivity index (χ3n) is 4.74. The van der Waals surface area contributed by atoms with Gasteiger partial charge in [0, 0.05) is 44.5 Å². The van der Waals surface area contributed by atoms with E-state index in [9.17, 15) is 9.59 Å². The van der Waals surface area contributed by atoms with E-state index in [-0.39, 0.29) is 11.8 Å². The number of nitrogens with zero attached hydrogens (tertiary/aromatic N) is 3. The predicted molar refractivity (Wildman–Crippen MR) is 83.3 cm³/mol. The summed E-state index contributed by atoms with van der Waals surface area (Å²) >= 11 is 0. The van der Waals surface area contributed by atoms with Crippen molar-refractivity contribution in [2.45, 2.75) is 32.1 Å². The molecule has 5 nitrogen and oxygen atoms in total. The minimum atomic E-state index is 0.0119. The van der Waals surface area contributed by atoms with Gasteiger partial charge in [0.25, 0.3) is 5.91 Å². The molecule has 0 aromatic carbocycles. The fourth-order valence-electron chi connectivity index (χ4n) is 3.41. The smallest absolute Gasteiger partial charge is 0.255 e. The number of pyridine rings is 1. The molecule has 1 aliphatic heterocycles. The van der Waals surface area contributed by atoms with Crippen molar-refractivity contribution in [2.24, 2.45) is 5.92 Å². The van der Waals surface area contributed by atoms with Gasteiger partial charge in [0.2, 0.25) is 5.91 Å². The monoisotopic (exact) mass is 301 g/mol. The molecule has 0 atom stereocenters. The van der Waals surface area contributed by atoms with Crippen molar-refractivity contribution < 1.29 is 9.59 Å². The molecule has 2 heterocycles. The summed E-state index contributed by atoms with van der Waals surface area (Å²) in [5.74, 6) is 0.528. The highest BCUT2D eigenvalue weighted by Gasteiger charge is 2.29. The van der Waals surface area contributed by atoms with E-state index < -0.39 is 0 Å². The molecule has 0 unspecified atom stereocenters. The highest BCUT2D eigenvalue weighted by molar-refractivity contribution is 5.94. The number of aromatic nitrogens is 1. The van der Waals surface area contributed by atoms with Gasteiger partial charge in [-0.25, -0.2) is 0 Å². The molecule has 1 aromatic heterocycles. The van der Waals surface area contributed by atoms with Gasteiger partial charge in [-0.05, 0) is 25.0 Å². The van der Waals surface area contributed by atoms with Crippen LogP contribution in [-0.4, -0.2) is 52.8 Å². The summed E-state index contributed by atoms with van der Waals surface area (Å²) in [7, 11) is 0. The summed E-state index contributed by atoms with van der Waals surface area (Å²) in [6, 6.07) is 3.56. The minimum Gasteiger partial charge on any atom is -0.339 e.